The van der Waals surface area contributed by atoms with Crippen molar-refractivity contribution >= 4 is 40.4 Å². The summed E-state index contributed by atoms with van der Waals surface area (Å²) in [5.74, 6) is 0.328. The van der Waals surface area contributed by atoms with Crippen LogP contribution in [0.3, 0.4) is 0 Å². The fraction of sp³-hybridized carbons (Fsp3) is 0.160. The number of carbonyl (C=O) groups is 1. The molecule has 4 rings (SSSR count). The van der Waals surface area contributed by atoms with E-state index in [1.807, 2.05) is 67.3 Å². The smallest absolute Gasteiger partial charge is 0.344 e. The zero-order chi connectivity index (χ0) is 24.1. The van der Waals surface area contributed by atoms with E-state index in [4.69, 9.17) is 4.42 Å². The second-order valence-corrected chi connectivity index (χ2v) is 7.34. The third-order valence-electron chi connectivity index (χ3n) is 5.17. The number of rotatable bonds is 8. The minimum atomic E-state index is -0.427. The minimum Gasteiger partial charge on any atom is -0.422 e. The van der Waals surface area contributed by atoms with Gasteiger partial charge in [0.05, 0.1) is 5.56 Å². The van der Waals surface area contributed by atoms with Crippen LogP contribution in [0.1, 0.15) is 13.8 Å². The Morgan fingerprint density at radius 3 is 2.47 bits per heavy atom. The Morgan fingerprint density at radius 2 is 1.76 bits per heavy atom. The Hall–Kier alpha value is -4.53. The second kappa shape index (κ2) is 9.95. The number of hydrogen-bond acceptors (Lipinski definition) is 8. The summed E-state index contributed by atoms with van der Waals surface area (Å²) in [6.07, 6.45) is 1.14. The van der Waals surface area contributed by atoms with Gasteiger partial charge in [0.15, 0.2) is 0 Å². The van der Waals surface area contributed by atoms with E-state index < -0.39 is 11.5 Å². The quantitative estimate of drug-likeness (QED) is 0.297. The molecule has 4 aromatic rings. The standard InChI is InChI=1S/C25H24N6O3/c1-4-21(32)27-24-28-23(29-25(30-24)31(5-2)6-3)26-18-13-12-17-14-19(16-10-8-7-9-11-16)22(33)34-20(17)15-18/h4,7-15H,1,5-6H2,2-3H3,(H2,26,27,28,29,30,32). The molecule has 0 spiro atoms. The molecular weight excluding hydrogens is 432 g/mol. The van der Waals surface area contributed by atoms with E-state index in [1.54, 1.807) is 6.07 Å². The van der Waals surface area contributed by atoms with Gasteiger partial charge in [0.25, 0.3) is 0 Å². The van der Waals surface area contributed by atoms with Crippen molar-refractivity contribution in [2.75, 3.05) is 28.6 Å². The second-order valence-electron chi connectivity index (χ2n) is 7.34. The lowest BCUT2D eigenvalue weighted by Gasteiger charge is -2.19. The number of nitrogens with one attached hydrogen (secondary N) is 2. The monoisotopic (exact) mass is 456 g/mol. The molecule has 2 N–H and O–H groups in total. The molecule has 2 heterocycles. The molecule has 34 heavy (non-hydrogen) atoms. The number of fused-ring (bicyclic) bond motifs is 1. The first-order chi connectivity index (χ1) is 16.5. The Bertz CT molecular complexity index is 1400. The molecule has 0 unspecified atom stereocenters. The van der Waals surface area contributed by atoms with Gasteiger partial charge in [0.1, 0.15) is 5.58 Å². The van der Waals surface area contributed by atoms with Gasteiger partial charge in [-0.25, -0.2) is 4.79 Å². The molecule has 9 heteroatoms. The highest BCUT2D eigenvalue weighted by Crippen LogP contribution is 2.25. The van der Waals surface area contributed by atoms with Crippen LogP contribution in [0.25, 0.3) is 22.1 Å². The fourth-order valence-corrected chi connectivity index (χ4v) is 3.42. The van der Waals surface area contributed by atoms with E-state index in [2.05, 4.69) is 32.2 Å². The molecule has 0 bridgehead atoms. The molecule has 2 aromatic carbocycles. The predicted molar refractivity (Wildman–Crippen MR) is 133 cm³/mol. The van der Waals surface area contributed by atoms with Gasteiger partial charge in [0.2, 0.25) is 23.8 Å². The average Bonchev–Trinajstić information content (AvgIpc) is 2.84. The van der Waals surface area contributed by atoms with Crippen molar-refractivity contribution in [3.63, 3.8) is 0 Å². The van der Waals surface area contributed by atoms with Gasteiger partial charge in [-0.15, -0.1) is 0 Å². The lowest BCUT2D eigenvalue weighted by molar-refractivity contribution is -0.111. The highest BCUT2D eigenvalue weighted by molar-refractivity contribution is 5.97. The van der Waals surface area contributed by atoms with Gasteiger partial charge in [-0.3, -0.25) is 10.1 Å². The Balaban J connectivity index is 1.69. The molecule has 0 aliphatic heterocycles. The summed E-state index contributed by atoms with van der Waals surface area (Å²) in [5, 5.41) is 6.46. The summed E-state index contributed by atoms with van der Waals surface area (Å²) in [5.41, 5.74) is 1.91. The molecule has 0 fully saturated rings. The highest BCUT2D eigenvalue weighted by atomic mass is 16.4. The Kier molecular flexibility index (Phi) is 6.63. The van der Waals surface area contributed by atoms with Crippen LogP contribution in [-0.4, -0.2) is 33.9 Å². The summed E-state index contributed by atoms with van der Waals surface area (Å²) < 4.78 is 5.59. The molecule has 0 aliphatic carbocycles. The van der Waals surface area contributed by atoms with Crippen molar-refractivity contribution in [1.29, 1.82) is 0 Å². The van der Waals surface area contributed by atoms with Gasteiger partial charge in [-0.2, -0.15) is 15.0 Å². The predicted octanol–water partition coefficient (Wildman–Crippen LogP) is 4.36. The van der Waals surface area contributed by atoms with Gasteiger partial charge >= 0.3 is 5.63 Å². The number of carbonyl (C=O) groups excluding carboxylic acids is 1. The lowest BCUT2D eigenvalue weighted by atomic mass is 10.1. The average molecular weight is 457 g/mol. The zero-order valence-corrected chi connectivity index (χ0v) is 18.9. The summed E-state index contributed by atoms with van der Waals surface area (Å²) >= 11 is 0. The van der Waals surface area contributed by atoms with Crippen molar-refractivity contribution in [2.24, 2.45) is 0 Å². The van der Waals surface area contributed by atoms with Crippen LogP contribution in [-0.2, 0) is 4.79 Å². The summed E-state index contributed by atoms with van der Waals surface area (Å²) in [6, 6.07) is 16.6. The Morgan fingerprint density at radius 1 is 1.03 bits per heavy atom. The SMILES string of the molecule is C=CC(=O)Nc1nc(Nc2ccc3cc(-c4ccccc4)c(=O)oc3c2)nc(N(CC)CC)n1. The zero-order valence-electron chi connectivity index (χ0n) is 18.9. The van der Waals surface area contributed by atoms with E-state index in [0.29, 0.717) is 35.9 Å². The molecule has 0 aliphatic rings. The molecule has 0 saturated carbocycles. The van der Waals surface area contributed by atoms with Crippen LogP contribution >= 0.6 is 0 Å². The van der Waals surface area contributed by atoms with Crippen LogP contribution in [0.15, 0.2) is 76.5 Å². The van der Waals surface area contributed by atoms with E-state index in [0.717, 1.165) is 17.0 Å². The van der Waals surface area contributed by atoms with E-state index >= 15 is 0 Å². The lowest BCUT2D eigenvalue weighted by Crippen LogP contribution is -2.25. The van der Waals surface area contributed by atoms with Crippen LogP contribution in [0.4, 0.5) is 23.5 Å². The number of aromatic nitrogens is 3. The highest BCUT2D eigenvalue weighted by Gasteiger charge is 2.14. The molecule has 1 amide bonds. The maximum Gasteiger partial charge on any atom is 0.344 e. The van der Waals surface area contributed by atoms with E-state index in [9.17, 15) is 9.59 Å². The normalized spacial score (nSPS) is 10.6. The van der Waals surface area contributed by atoms with Gasteiger partial charge < -0.3 is 14.6 Å². The first-order valence-corrected chi connectivity index (χ1v) is 10.9. The first-order valence-electron chi connectivity index (χ1n) is 10.9. The number of benzene rings is 2. The van der Waals surface area contributed by atoms with E-state index in [-0.39, 0.29) is 11.9 Å². The van der Waals surface area contributed by atoms with Crippen molar-refractivity contribution in [1.82, 2.24) is 15.0 Å². The number of anilines is 4. The number of nitrogens with zero attached hydrogens (tertiary/aromatic N) is 4. The third-order valence-corrected chi connectivity index (χ3v) is 5.17. The topological polar surface area (TPSA) is 113 Å². The van der Waals surface area contributed by atoms with E-state index in [1.165, 1.54) is 0 Å². The number of amides is 1. The third kappa shape index (κ3) is 4.93. The van der Waals surface area contributed by atoms with Crippen LogP contribution in [0.2, 0.25) is 0 Å². The molecule has 0 radical (unpaired) electrons. The van der Waals surface area contributed by atoms with Crippen LogP contribution in [0.5, 0.6) is 0 Å². The summed E-state index contributed by atoms with van der Waals surface area (Å²) in [7, 11) is 0. The van der Waals surface area contributed by atoms with Gasteiger partial charge in [0, 0.05) is 30.2 Å². The summed E-state index contributed by atoms with van der Waals surface area (Å²) in [4.78, 5) is 39.4. The van der Waals surface area contributed by atoms with Gasteiger partial charge in [-0.05, 0) is 43.7 Å². The molecule has 0 atom stereocenters. The van der Waals surface area contributed by atoms with Crippen molar-refractivity contribution in [3.8, 4) is 11.1 Å². The van der Waals surface area contributed by atoms with Crippen molar-refractivity contribution < 1.29 is 9.21 Å². The fourth-order valence-electron chi connectivity index (χ4n) is 3.42. The molecular formula is C25H24N6O3. The largest absolute Gasteiger partial charge is 0.422 e. The van der Waals surface area contributed by atoms with Crippen molar-refractivity contribution in [2.45, 2.75) is 13.8 Å². The van der Waals surface area contributed by atoms with Crippen molar-refractivity contribution in [3.05, 3.63) is 77.7 Å². The molecule has 2 aromatic heterocycles. The van der Waals surface area contributed by atoms with Gasteiger partial charge in [-0.1, -0.05) is 36.9 Å². The Labute approximate surface area is 196 Å². The maximum atomic E-state index is 12.6. The number of hydrogen-bond donors (Lipinski definition) is 2. The van der Waals surface area contributed by atoms with Crippen LogP contribution in [0, 0.1) is 0 Å². The molecule has 0 saturated heterocycles. The maximum absolute atomic E-state index is 12.6. The summed E-state index contributed by atoms with van der Waals surface area (Å²) in [6.45, 7) is 8.78. The minimum absolute atomic E-state index is 0.101. The van der Waals surface area contributed by atoms with Crippen LogP contribution < -0.4 is 21.2 Å². The molecule has 9 nitrogen and oxygen atoms in total. The first kappa shape index (κ1) is 22.7. The molecule has 172 valence electrons.